The molecule has 1 aromatic carbocycles. The number of para-hydroxylation sites is 1. The van der Waals surface area contributed by atoms with Gasteiger partial charge in [0, 0.05) is 24.5 Å². The van der Waals surface area contributed by atoms with Crippen molar-refractivity contribution in [2.75, 3.05) is 11.9 Å². The van der Waals surface area contributed by atoms with E-state index in [9.17, 15) is 14.5 Å². The summed E-state index contributed by atoms with van der Waals surface area (Å²) in [6.07, 6.45) is 2.34. The van der Waals surface area contributed by atoms with E-state index >= 15 is 0 Å². The zero-order valence-electron chi connectivity index (χ0n) is 9.30. The second-order valence-electron chi connectivity index (χ2n) is 3.50. The van der Waals surface area contributed by atoms with Gasteiger partial charge in [-0.3, -0.25) is 10.1 Å². The number of benzene rings is 1. The minimum atomic E-state index is -0.834. The number of aromatic nitrogens is 1. The number of hydrogen-bond donors (Lipinski definition) is 1. The highest BCUT2D eigenvalue weighted by Crippen LogP contribution is 2.27. The monoisotopic (exact) mass is 267 g/mol. The molecule has 2 aromatic rings. The molecule has 0 aliphatic carbocycles. The van der Waals surface area contributed by atoms with Crippen molar-refractivity contribution >= 4 is 22.7 Å². The smallest absolute Gasteiger partial charge is 0.327 e. The van der Waals surface area contributed by atoms with Crippen molar-refractivity contribution in [2.24, 2.45) is 0 Å². The molecule has 5 nitrogen and oxygen atoms in total. The highest BCUT2D eigenvalue weighted by Gasteiger charge is 2.19. The number of nitro benzene ring substituents is 1. The van der Waals surface area contributed by atoms with Crippen molar-refractivity contribution in [1.29, 1.82) is 0 Å². The van der Waals surface area contributed by atoms with Gasteiger partial charge in [-0.25, -0.2) is 4.98 Å². The van der Waals surface area contributed by atoms with E-state index < -0.39 is 16.4 Å². The van der Waals surface area contributed by atoms with Crippen molar-refractivity contribution < 1.29 is 9.31 Å². The molecule has 0 saturated carbocycles. The number of nitro groups is 1. The van der Waals surface area contributed by atoms with Crippen LogP contribution in [-0.2, 0) is 6.42 Å². The second-order valence-corrected chi connectivity index (χ2v) is 4.47. The van der Waals surface area contributed by atoms with Gasteiger partial charge in [0.15, 0.2) is 0 Å². The van der Waals surface area contributed by atoms with Gasteiger partial charge in [0.05, 0.1) is 9.93 Å². The molecule has 0 aliphatic rings. The molecule has 18 heavy (non-hydrogen) atoms. The molecule has 0 unspecified atom stereocenters. The summed E-state index contributed by atoms with van der Waals surface area (Å²) in [6.45, 7) is 0.470. The van der Waals surface area contributed by atoms with Gasteiger partial charge in [-0.2, -0.15) is 4.39 Å². The van der Waals surface area contributed by atoms with Crippen LogP contribution in [0.4, 0.5) is 15.8 Å². The van der Waals surface area contributed by atoms with Crippen molar-refractivity contribution in [3.05, 3.63) is 50.7 Å². The van der Waals surface area contributed by atoms with Crippen LogP contribution >= 0.6 is 11.3 Å². The van der Waals surface area contributed by atoms with Gasteiger partial charge in [-0.05, 0) is 12.1 Å². The van der Waals surface area contributed by atoms with Gasteiger partial charge in [-0.1, -0.05) is 6.07 Å². The summed E-state index contributed by atoms with van der Waals surface area (Å²) < 4.78 is 13.3. The van der Waals surface area contributed by atoms with Crippen molar-refractivity contribution in [1.82, 2.24) is 4.98 Å². The Morgan fingerprint density at radius 1 is 1.50 bits per heavy atom. The molecule has 0 atom stereocenters. The first kappa shape index (κ1) is 12.4. The molecule has 0 spiro atoms. The first-order valence-corrected chi connectivity index (χ1v) is 6.11. The van der Waals surface area contributed by atoms with E-state index in [0.717, 1.165) is 11.1 Å². The summed E-state index contributed by atoms with van der Waals surface area (Å²) in [4.78, 5) is 14.1. The van der Waals surface area contributed by atoms with E-state index in [2.05, 4.69) is 10.3 Å². The minimum Gasteiger partial charge on any atom is -0.379 e. The predicted molar refractivity (Wildman–Crippen MR) is 67.4 cm³/mol. The zero-order valence-corrected chi connectivity index (χ0v) is 10.1. The first-order valence-electron chi connectivity index (χ1n) is 5.23. The van der Waals surface area contributed by atoms with Crippen molar-refractivity contribution in [3.8, 4) is 0 Å². The maximum absolute atomic E-state index is 13.3. The number of thiazole rings is 1. The Kier molecular flexibility index (Phi) is 3.83. The van der Waals surface area contributed by atoms with Gasteiger partial charge in [0.1, 0.15) is 5.69 Å². The Hall–Kier alpha value is -2.02. The minimum absolute atomic E-state index is 0.191. The second kappa shape index (κ2) is 5.54. The average molecular weight is 267 g/mol. The molecule has 1 aromatic heterocycles. The molecule has 0 aliphatic heterocycles. The van der Waals surface area contributed by atoms with E-state index in [1.54, 1.807) is 6.20 Å². The Balaban J connectivity index is 2.05. The summed E-state index contributed by atoms with van der Waals surface area (Å²) in [5.41, 5.74) is -0.326. The van der Waals surface area contributed by atoms with Gasteiger partial charge in [0.2, 0.25) is 5.82 Å². The molecule has 0 amide bonds. The summed E-state index contributed by atoms with van der Waals surface area (Å²) in [5, 5.41) is 16.4. The Bertz CT molecular complexity index is 545. The molecular formula is C11H10FN3O2S. The summed E-state index contributed by atoms with van der Waals surface area (Å²) in [7, 11) is 0. The fourth-order valence-electron chi connectivity index (χ4n) is 1.52. The lowest BCUT2D eigenvalue weighted by atomic mass is 10.2. The van der Waals surface area contributed by atoms with E-state index in [0.29, 0.717) is 13.0 Å². The lowest BCUT2D eigenvalue weighted by Gasteiger charge is -2.06. The van der Waals surface area contributed by atoms with Gasteiger partial charge < -0.3 is 5.32 Å². The van der Waals surface area contributed by atoms with Crippen molar-refractivity contribution in [2.45, 2.75) is 6.42 Å². The third-order valence-corrected chi connectivity index (χ3v) is 3.15. The van der Waals surface area contributed by atoms with Crippen LogP contribution in [0.1, 0.15) is 5.01 Å². The van der Waals surface area contributed by atoms with E-state index in [1.807, 2.05) is 5.38 Å². The van der Waals surface area contributed by atoms with Crippen LogP contribution in [0.5, 0.6) is 0 Å². The number of halogens is 1. The van der Waals surface area contributed by atoms with Crippen LogP contribution in [0.25, 0.3) is 0 Å². The maximum atomic E-state index is 13.3. The zero-order chi connectivity index (χ0) is 13.0. The van der Waals surface area contributed by atoms with Crippen LogP contribution in [0.3, 0.4) is 0 Å². The SMILES string of the molecule is O=[N+]([O-])c1c(F)cccc1NCCc1nccs1. The molecular weight excluding hydrogens is 257 g/mol. The molecule has 0 radical (unpaired) electrons. The number of hydrogen-bond acceptors (Lipinski definition) is 5. The Morgan fingerprint density at radius 3 is 3.00 bits per heavy atom. The third kappa shape index (κ3) is 2.80. The van der Waals surface area contributed by atoms with Crippen LogP contribution in [0.15, 0.2) is 29.8 Å². The largest absolute Gasteiger partial charge is 0.379 e. The average Bonchev–Trinajstić information content (AvgIpc) is 2.81. The summed E-state index contributed by atoms with van der Waals surface area (Å²) in [5.74, 6) is -0.834. The molecule has 0 fully saturated rings. The Morgan fingerprint density at radius 2 is 2.33 bits per heavy atom. The van der Waals surface area contributed by atoms with Crippen LogP contribution < -0.4 is 5.32 Å². The molecule has 1 heterocycles. The van der Waals surface area contributed by atoms with Gasteiger partial charge in [0.25, 0.3) is 0 Å². The first-order chi connectivity index (χ1) is 8.68. The lowest BCUT2D eigenvalue weighted by Crippen LogP contribution is -2.07. The normalized spacial score (nSPS) is 10.3. The number of nitrogens with zero attached hydrogens (tertiary/aromatic N) is 2. The molecule has 7 heteroatoms. The number of nitrogens with one attached hydrogen (secondary N) is 1. The maximum Gasteiger partial charge on any atom is 0.327 e. The molecule has 1 N–H and O–H groups in total. The fourth-order valence-corrected chi connectivity index (χ4v) is 2.14. The van der Waals surface area contributed by atoms with Gasteiger partial charge in [-0.15, -0.1) is 11.3 Å². The standard InChI is InChI=1S/C11H10FN3O2S/c12-8-2-1-3-9(11(8)15(16)17)13-5-4-10-14-6-7-18-10/h1-3,6-7,13H,4-5H2. The van der Waals surface area contributed by atoms with Crippen LogP contribution in [0, 0.1) is 15.9 Å². The fraction of sp³-hybridized carbons (Fsp3) is 0.182. The molecule has 2 rings (SSSR count). The highest BCUT2D eigenvalue weighted by molar-refractivity contribution is 7.09. The lowest BCUT2D eigenvalue weighted by molar-refractivity contribution is -0.386. The number of rotatable bonds is 5. The molecule has 0 saturated heterocycles. The van der Waals surface area contributed by atoms with Crippen LogP contribution in [-0.4, -0.2) is 16.5 Å². The summed E-state index contributed by atoms with van der Waals surface area (Å²) in [6, 6.07) is 4.00. The van der Waals surface area contributed by atoms with E-state index in [-0.39, 0.29) is 5.69 Å². The Labute approximate surface area is 106 Å². The number of anilines is 1. The predicted octanol–water partition coefficient (Wildman–Crippen LogP) is 2.85. The molecule has 94 valence electrons. The third-order valence-electron chi connectivity index (χ3n) is 2.31. The van der Waals surface area contributed by atoms with Crippen LogP contribution in [0.2, 0.25) is 0 Å². The summed E-state index contributed by atoms with van der Waals surface area (Å²) >= 11 is 1.51. The topological polar surface area (TPSA) is 68.1 Å². The molecule has 0 bridgehead atoms. The highest BCUT2D eigenvalue weighted by atomic mass is 32.1. The van der Waals surface area contributed by atoms with Crippen molar-refractivity contribution in [3.63, 3.8) is 0 Å². The van der Waals surface area contributed by atoms with E-state index in [4.69, 9.17) is 0 Å². The quantitative estimate of drug-likeness (QED) is 0.668. The van der Waals surface area contributed by atoms with Gasteiger partial charge >= 0.3 is 5.69 Å². The van der Waals surface area contributed by atoms with E-state index in [1.165, 1.54) is 23.5 Å².